The third-order valence-electron chi connectivity index (χ3n) is 4.57. The van der Waals surface area contributed by atoms with E-state index >= 15 is 0 Å². The molecule has 2 aromatic rings. The lowest BCUT2D eigenvalue weighted by Crippen LogP contribution is -2.45. The molecule has 0 aromatic heterocycles. The zero-order valence-corrected chi connectivity index (χ0v) is 14.4. The highest BCUT2D eigenvalue weighted by atomic mass is 19.1. The number of fused-ring (bicyclic) bond motifs is 1. The molecule has 2 aliphatic rings. The number of likely N-dealkylation sites (tertiary alicyclic amines) is 1. The number of benzene rings is 2. The van der Waals surface area contributed by atoms with Crippen molar-refractivity contribution in [3.8, 4) is 11.5 Å². The molecule has 4 rings (SSSR count). The molecule has 2 N–H and O–H groups in total. The third kappa shape index (κ3) is 3.51. The Kier molecular flexibility index (Phi) is 4.53. The average Bonchev–Trinajstić information content (AvgIpc) is 3.32. The van der Waals surface area contributed by atoms with Crippen molar-refractivity contribution in [3.63, 3.8) is 0 Å². The van der Waals surface area contributed by atoms with E-state index in [9.17, 15) is 14.0 Å². The number of nitrogens with one attached hydrogen (secondary N) is 2. The van der Waals surface area contributed by atoms with Crippen molar-refractivity contribution in [3.05, 3.63) is 48.3 Å². The van der Waals surface area contributed by atoms with Gasteiger partial charge in [0.05, 0.1) is 5.69 Å². The first-order valence-electron chi connectivity index (χ1n) is 8.64. The second-order valence-electron chi connectivity index (χ2n) is 6.32. The molecule has 1 fully saturated rings. The van der Waals surface area contributed by atoms with Gasteiger partial charge in [0.2, 0.25) is 12.7 Å². The molecule has 140 valence electrons. The van der Waals surface area contributed by atoms with Gasteiger partial charge in [0.15, 0.2) is 11.5 Å². The van der Waals surface area contributed by atoms with Gasteiger partial charge in [-0.2, -0.15) is 0 Å². The lowest BCUT2D eigenvalue weighted by Gasteiger charge is -2.24. The molecule has 0 unspecified atom stereocenters. The summed E-state index contributed by atoms with van der Waals surface area (Å²) in [6.07, 6.45) is 1.24. The van der Waals surface area contributed by atoms with Crippen LogP contribution < -0.4 is 20.1 Å². The Morgan fingerprint density at radius 3 is 2.74 bits per heavy atom. The highest BCUT2D eigenvalue weighted by Gasteiger charge is 2.34. The number of ether oxygens (including phenoxy) is 2. The zero-order valence-electron chi connectivity index (χ0n) is 14.4. The SMILES string of the molecule is O=C(Nc1ccc2c(c1)OCO2)[C@H]1CCCN1C(=O)Nc1ccccc1F. The first-order chi connectivity index (χ1) is 13.1. The molecule has 8 heteroatoms. The summed E-state index contributed by atoms with van der Waals surface area (Å²) in [6.45, 7) is 0.582. The predicted octanol–water partition coefficient (Wildman–Crippen LogP) is 3.19. The number of anilines is 2. The minimum absolute atomic E-state index is 0.0873. The summed E-state index contributed by atoms with van der Waals surface area (Å²) in [7, 11) is 0. The molecule has 0 radical (unpaired) electrons. The fourth-order valence-corrected chi connectivity index (χ4v) is 3.23. The smallest absolute Gasteiger partial charge is 0.322 e. The second kappa shape index (κ2) is 7.14. The zero-order chi connectivity index (χ0) is 18.8. The molecule has 2 aromatic carbocycles. The molecular weight excluding hydrogens is 353 g/mol. The van der Waals surface area contributed by atoms with Gasteiger partial charge in [-0.25, -0.2) is 9.18 Å². The van der Waals surface area contributed by atoms with Crippen LogP contribution >= 0.6 is 0 Å². The van der Waals surface area contributed by atoms with Crippen molar-refractivity contribution < 1.29 is 23.5 Å². The van der Waals surface area contributed by atoms with E-state index < -0.39 is 17.9 Å². The van der Waals surface area contributed by atoms with Crippen molar-refractivity contribution >= 4 is 23.3 Å². The van der Waals surface area contributed by atoms with Crippen LogP contribution in [0.3, 0.4) is 0 Å². The molecule has 7 nitrogen and oxygen atoms in total. The summed E-state index contributed by atoms with van der Waals surface area (Å²) in [5, 5.41) is 5.33. The molecule has 27 heavy (non-hydrogen) atoms. The summed E-state index contributed by atoms with van der Waals surface area (Å²) >= 11 is 0. The Morgan fingerprint density at radius 2 is 1.89 bits per heavy atom. The normalized spacial score (nSPS) is 17.7. The number of hydrogen-bond acceptors (Lipinski definition) is 4. The van der Waals surface area contributed by atoms with E-state index in [2.05, 4.69) is 10.6 Å². The fraction of sp³-hybridized carbons (Fsp3) is 0.263. The molecule has 2 aliphatic heterocycles. The monoisotopic (exact) mass is 371 g/mol. The molecule has 0 aliphatic carbocycles. The second-order valence-corrected chi connectivity index (χ2v) is 6.32. The predicted molar refractivity (Wildman–Crippen MR) is 96.3 cm³/mol. The van der Waals surface area contributed by atoms with E-state index in [0.29, 0.717) is 36.6 Å². The van der Waals surface area contributed by atoms with Crippen molar-refractivity contribution in [1.82, 2.24) is 4.90 Å². The molecule has 2 heterocycles. The van der Waals surface area contributed by atoms with Crippen LogP contribution in [0.15, 0.2) is 42.5 Å². The van der Waals surface area contributed by atoms with Crippen LogP contribution in [0.25, 0.3) is 0 Å². The van der Waals surface area contributed by atoms with Crippen molar-refractivity contribution in [2.45, 2.75) is 18.9 Å². The Hall–Kier alpha value is -3.29. The van der Waals surface area contributed by atoms with Gasteiger partial charge in [-0.3, -0.25) is 4.79 Å². The fourth-order valence-electron chi connectivity index (χ4n) is 3.23. The van der Waals surface area contributed by atoms with Crippen LogP contribution in [0.4, 0.5) is 20.6 Å². The molecule has 3 amide bonds. The van der Waals surface area contributed by atoms with Crippen LogP contribution in [-0.2, 0) is 4.79 Å². The highest BCUT2D eigenvalue weighted by Crippen LogP contribution is 2.34. The molecule has 0 spiro atoms. The summed E-state index contributed by atoms with van der Waals surface area (Å²) < 4.78 is 24.3. The maximum atomic E-state index is 13.8. The lowest BCUT2D eigenvalue weighted by molar-refractivity contribution is -0.119. The molecule has 1 atom stereocenters. The van der Waals surface area contributed by atoms with E-state index in [1.54, 1.807) is 30.3 Å². The van der Waals surface area contributed by atoms with Gasteiger partial charge in [-0.05, 0) is 37.1 Å². The van der Waals surface area contributed by atoms with Gasteiger partial charge >= 0.3 is 6.03 Å². The van der Waals surface area contributed by atoms with Crippen molar-refractivity contribution in [2.75, 3.05) is 24.0 Å². The number of hydrogen-bond donors (Lipinski definition) is 2. The number of para-hydroxylation sites is 1. The van der Waals surface area contributed by atoms with Crippen molar-refractivity contribution in [1.29, 1.82) is 0 Å². The number of carbonyl (C=O) groups excluding carboxylic acids is 2. The van der Waals surface area contributed by atoms with Crippen LogP contribution in [0.5, 0.6) is 11.5 Å². The molecular formula is C19H18FN3O4. The van der Waals surface area contributed by atoms with Gasteiger partial charge in [0.1, 0.15) is 11.9 Å². The van der Waals surface area contributed by atoms with Gasteiger partial charge in [-0.1, -0.05) is 12.1 Å². The minimum atomic E-state index is -0.623. The topological polar surface area (TPSA) is 79.9 Å². The highest BCUT2D eigenvalue weighted by molar-refractivity contribution is 5.99. The number of nitrogens with zero attached hydrogens (tertiary/aromatic N) is 1. The van der Waals surface area contributed by atoms with Crippen LogP contribution in [0.2, 0.25) is 0 Å². The number of halogens is 1. The Balaban J connectivity index is 1.43. The summed E-state index contributed by atoms with van der Waals surface area (Å²) in [4.78, 5) is 26.6. The maximum Gasteiger partial charge on any atom is 0.322 e. The van der Waals surface area contributed by atoms with E-state index in [-0.39, 0.29) is 18.4 Å². The van der Waals surface area contributed by atoms with Gasteiger partial charge < -0.3 is 25.0 Å². The van der Waals surface area contributed by atoms with E-state index in [4.69, 9.17) is 9.47 Å². The van der Waals surface area contributed by atoms with Crippen molar-refractivity contribution in [2.24, 2.45) is 0 Å². The quantitative estimate of drug-likeness (QED) is 0.868. The van der Waals surface area contributed by atoms with E-state index in [1.165, 1.54) is 17.0 Å². The van der Waals surface area contributed by atoms with Gasteiger partial charge in [0.25, 0.3) is 0 Å². The first kappa shape index (κ1) is 17.1. The molecule has 0 bridgehead atoms. The summed E-state index contributed by atoms with van der Waals surface area (Å²) in [5.74, 6) is 0.370. The summed E-state index contributed by atoms with van der Waals surface area (Å²) in [5.41, 5.74) is 0.648. The number of carbonyl (C=O) groups is 2. The lowest BCUT2D eigenvalue weighted by atomic mass is 10.2. The number of amides is 3. The first-order valence-corrected chi connectivity index (χ1v) is 8.64. The number of rotatable bonds is 3. The van der Waals surface area contributed by atoms with Crippen LogP contribution in [0, 0.1) is 5.82 Å². The van der Waals surface area contributed by atoms with Crippen LogP contribution in [-0.4, -0.2) is 36.2 Å². The number of urea groups is 1. The Labute approximate surface area is 155 Å². The molecule has 0 saturated carbocycles. The largest absolute Gasteiger partial charge is 0.454 e. The van der Waals surface area contributed by atoms with Gasteiger partial charge in [0, 0.05) is 18.3 Å². The summed E-state index contributed by atoms with van der Waals surface area (Å²) in [6, 6.07) is 9.91. The standard InChI is InChI=1S/C19H18FN3O4/c20-13-4-1-2-5-14(13)22-19(25)23-9-3-6-15(23)18(24)21-12-7-8-16-17(10-12)27-11-26-16/h1-2,4-5,7-8,10,15H,3,6,9,11H2,(H,21,24)(H,22,25)/t15-/m1/s1. The van der Waals surface area contributed by atoms with Crippen LogP contribution in [0.1, 0.15) is 12.8 Å². The average molecular weight is 371 g/mol. The molecule has 1 saturated heterocycles. The van der Waals surface area contributed by atoms with E-state index in [0.717, 1.165) is 0 Å². The minimum Gasteiger partial charge on any atom is -0.454 e. The van der Waals surface area contributed by atoms with Gasteiger partial charge in [-0.15, -0.1) is 0 Å². The third-order valence-corrected chi connectivity index (χ3v) is 4.57. The Morgan fingerprint density at radius 1 is 1.07 bits per heavy atom. The van der Waals surface area contributed by atoms with E-state index in [1.807, 2.05) is 0 Å². The Bertz CT molecular complexity index is 889. The maximum absolute atomic E-state index is 13.8.